The molecular formula is C16H11NO5S. The van der Waals surface area contributed by atoms with Crippen molar-refractivity contribution < 1.29 is 24.9 Å². The maximum Gasteiger partial charge on any atom is 0.298 e. The van der Waals surface area contributed by atoms with Gasteiger partial charge in [-0.3, -0.25) is 9.59 Å². The van der Waals surface area contributed by atoms with Gasteiger partial charge in [0.05, 0.1) is 10.6 Å². The molecule has 0 aromatic heterocycles. The second-order valence-electron chi connectivity index (χ2n) is 4.78. The Bertz CT molecular complexity index is 829. The standard InChI is InChI=1S/C16H11NO5S/c18-11-4-2-10(3-5-11)17-15(21)14(23-16(17)22)8-9-1-6-12(19)13(20)7-9/h1-8,18-20H/b14-8+. The van der Waals surface area contributed by atoms with Crippen LogP contribution in [0.15, 0.2) is 47.4 Å². The van der Waals surface area contributed by atoms with Crippen molar-refractivity contribution in [3.63, 3.8) is 0 Å². The normalized spacial score (nSPS) is 16.3. The fourth-order valence-corrected chi connectivity index (χ4v) is 2.91. The molecule has 3 rings (SSSR count). The molecule has 1 saturated heterocycles. The lowest BCUT2D eigenvalue weighted by atomic mass is 10.2. The van der Waals surface area contributed by atoms with Crippen molar-refractivity contribution >= 4 is 34.7 Å². The van der Waals surface area contributed by atoms with Gasteiger partial charge in [-0.15, -0.1) is 0 Å². The van der Waals surface area contributed by atoms with Gasteiger partial charge in [0.1, 0.15) is 5.75 Å². The average Bonchev–Trinajstić information content (AvgIpc) is 2.79. The molecule has 116 valence electrons. The number of phenolic OH excluding ortho intramolecular Hbond substituents is 3. The third-order valence-electron chi connectivity index (χ3n) is 3.20. The third kappa shape index (κ3) is 2.86. The molecule has 1 aliphatic rings. The Kier molecular flexibility index (Phi) is 3.71. The van der Waals surface area contributed by atoms with Crippen molar-refractivity contribution in [1.82, 2.24) is 0 Å². The predicted octanol–water partition coefficient (Wildman–Crippen LogP) is 3.04. The molecule has 23 heavy (non-hydrogen) atoms. The van der Waals surface area contributed by atoms with Gasteiger partial charge in [0, 0.05) is 0 Å². The van der Waals surface area contributed by atoms with Gasteiger partial charge in [-0.2, -0.15) is 0 Å². The van der Waals surface area contributed by atoms with E-state index in [1.165, 1.54) is 48.5 Å². The Morgan fingerprint density at radius 2 is 1.61 bits per heavy atom. The Balaban J connectivity index is 1.92. The van der Waals surface area contributed by atoms with Gasteiger partial charge in [0.25, 0.3) is 11.1 Å². The molecule has 0 atom stereocenters. The number of imide groups is 1. The van der Waals surface area contributed by atoms with E-state index in [-0.39, 0.29) is 22.2 Å². The fraction of sp³-hybridized carbons (Fsp3) is 0. The zero-order chi connectivity index (χ0) is 16.6. The molecule has 1 heterocycles. The van der Waals surface area contributed by atoms with E-state index in [1.54, 1.807) is 0 Å². The van der Waals surface area contributed by atoms with E-state index in [0.29, 0.717) is 11.3 Å². The van der Waals surface area contributed by atoms with Crippen molar-refractivity contribution in [2.45, 2.75) is 0 Å². The number of hydrogen-bond acceptors (Lipinski definition) is 6. The highest BCUT2D eigenvalue weighted by Gasteiger charge is 2.36. The largest absolute Gasteiger partial charge is 0.508 e. The van der Waals surface area contributed by atoms with E-state index in [1.807, 2.05) is 0 Å². The second kappa shape index (κ2) is 5.69. The first kappa shape index (κ1) is 15.0. The van der Waals surface area contributed by atoms with E-state index in [9.17, 15) is 24.9 Å². The topological polar surface area (TPSA) is 98.1 Å². The van der Waals surface area contributed by atoms with Crippen LogP contribution in [0, 0.1) is 0 Å². The Hall–Kier alpha value is -2.93. The molecule has 2 amide bonds. The molecule has 2 aromatic carbocycles. The quantitative estimate of drug-likeness (QED) is 0.579. The fourth-order valence-electron chi connectivity index (χ4n) is 2.07. The molecule has 1 fully saturated rings. The molecule has 0 aliphatic carbocycles. The molecule has 0 unspecified atom stereocenters. The highest BCUT2D eigenvalue weighted by Crippen LogP contribution is 2.36. The number of anilines is 1. The SMILES string of the molecule is O=C1S/C(=C/c2ccc(O)c(O)c2)C(=O)N1c1ccc(O)cc1. The maximum absolute atomic E-state index is 12.4. The lowest BCUT2D eigenvalue weighted by Gasteiger charge is -2.12. The monoisotopic (exact) mass is 329 g/mol. The molecule has 0 spiro atoms. The van der Waals surface area contributed by atoms with Crippen LogP contribution in [0.2, 0.25) is 0 Å². The molecular weight excluding hydrogens is 318 g/mol. The van der Waals surface area contributed by atoms with Crippen LogP contribution in [0.3, 0.4) is 0 Å². The van der Waals surface area contributed by atoms with Crippen LogP contribution in [0.5, 0.6) is 17.2 Å². The van der Waals surface area contributed by atoms with Crippen molar-refractivity contribution in [3.8, 4) is 17.2 Å². The van der Waals surface area contributed by atoms with E-state index >= 15 is 0 Å². The lowest BCUT2D eigenvalue weighted by molar-refractivity contribution is -0.113. The Labute approximate surface area is 135 Å². The van der Waals surface area contributed by atoms with E-state index < -0.39 is 11.1 Å². The number of rotatable bonds is 2. The van der Waals surface area contributed by atoms with Crippen LogP contribution in [0.1, 0.15) is 5.56 Å². The summed E-state index contributed by atoms with van der Waals surface area (Å²) in [6.45, 7) is 0. The van der Waals surface area contributed by atoms with Crippen LogP contribution in [-0.4, -0.2) is 26.5 Å². The Morgan fingerprint density at radius 1 is 0.913 bits per heavy atom. The molecule has 2 aromatic rings. The van der Waals surface area contributed by atoms with Gasteiger partial charge in [0.2, 0.25) is 0 Å². The van der Waals surface area contributed by atoms with Crippen LogP contribution in [0.25, 0.3) is 6.08 Å². The Morgan fingerprint density at radius 3 is 2.26 bits per heavy atom. The summed E-state index contributed by atoms with van der Waals surface area (Å²) in [4.78, 5) is 25.7. The van der Waals surface area contributed by atoms with E-state index in [0.717, 1.165) is 16.7 Å². The number of amides is 2. The van der Waals surface area contributed by atoms with E-state index in [4.69, 9.17) is 0 Å². The molecule has 6 nitrogen and oxygen atoms in total. The first-order valence-corrected chi connectivity index (χ1v) is 7.36. The summed E-state index contributed by atoms with van der Waals surface area (Å²) in [5.74, 6) is -1.02. The van der Waals surface area contributed by atoms with Gasteiger partial charge in [-0.05, 0) is 59.8 Å². The first-order valence-electron chi connectivity index (χ1n) is 6.54. The number of thioether (sulfide) groups is 1. The number of phenols is 3. The van der Waals surface area contributed by atoms with Gasteiger partial charge >= 0.3 is 0 Å². The molecule has 1 aliphatic heterocycles. The van der Waals surface area contributed by atoms with Gasteiger partial charge in [0.15, 0.2) is 11.5 Å². The number of carbonyl (C=O) groups is 2. The van der Waals surface area contributed by atoms with Crippen LogP contribution in [0.4, 0.5) is 10.5 Å². The first-order chi connectivity index (χ1) is 11.0. The zero-order valence-electron chi connectivity index (χ0n) is 11.6. The summed E-state index contributed by atoms with van der Waals surface area (Å²) in [7, 11) is 0. The zero-order valence-corrected chi connectivity index (χ0v) is 12.4. The van der Waals surface area contributed by atoms with Crippen molar-refractivity contribution in [2.24, 2.45) is 0 Å². The number of aromatic hydroxyl groups is 3. The maximum atomic E-state index is 12.4. The smallest absolute Gasteiger partial charge is 0.298 e. The van der Waals surface area contributed by atoms with Gasteiger partial charge < -0.3 is 15.3 Å². The van der Waals surface area contributed by atoms with Gasteiger partial charge in [-0.25, -0.2) is 4.90 Å². The minimum Gasteiger partial charge on any atom is -0.508 e. The molecule has 7 heteroatoms. The summed E-state index contributed by atoms with van der Waals surface area (Å²) in [6, 6.07) is 9.83. The van der Waals surface area contributed by atoms with Crippen LogP contribution in [-0.2, 0) is 4.79 Å². The summed E-state index contributed by atoms with van der Waals surface area (Å²) in [5, 5.41) is 27.6. The molecule has 3 N–H and O–H groups in total. The van der Waals surface area contributed by atoms with Crippen molar-refractivity contribution in [1.29, 1.82) is 0 Å². The minimum atomic E-state index is -0.488. The third-order valence-corrected chi connectivity index (χ3v) is 4.07. The highest BCUT2D eigenvalue weighted by molar-refractivity contribution is 8.19. The summed E-state index contributed by atoms with van der Waals surface area (Å²) in [6.07, 6.45) is 1.46. The number of hydrogen-bond donors (Lipinski definition) is 3. The lowest BCUT2D eigenvalue weighted by Crippen LogP contribution is -2.27. The number of benzene rings is 2. The van der Waals surface area contributed by atoms with Crippen molar-refractivity contribution in [2.75, 3.05) is 4.90 Å². The van der Waals surface area contributed by atoms with Gasteiger partial charge in [-0.1, -0.05) is 6.07 Å². The molecule has 0 bridgehead atoms. The van der Waals surface area contributed by atoms with E-state index in [2.05, 4.69) is 0 Å². The summed E-state index contributed by atoms with van der Waals surface area (Å²) < 4.78 is 0. The molecule has 0 saturated carbocycles. The average molecular weight is 329 g/mol. The predicted molar refractivity (Wildman–Crippen MR) is 86.3 cm³/mol. The molecule has 0 radical (unpaired) electrons. The highest BCUT2D eigenvalue weighted by atomic mass is 32.2. The minimum absolute atomic E-state index is 0.0378. The second-order valence-corrected chi connectivity index (χ2v) is 5.77. The summed E-state index contributed by atoms with van der Waals surface area (Å²) in [5.41, 5.74) is 0.846. The number of nitrogens with zero attached hydrogens (tertiary/aromatic N) is 1. The number of carbonyl (C=O) groups excluding carboxylic acids is 2. The van der Waals surface area contributed by atoms with Crippen LogP contribution >= 0.6 is 11.8 Å². The van der Waals surface area contributed by atoms with Crippen LogP contribution < -0.4 is 4.90 Å². The van der Waals surface area contributed by atoms with Crippen molar-refractivity contribution in [3.05, 3.63) is 52.9 Å². The summed E-state index contributed by atoms with van der Waals surface area (Å²) >= 11 is 0.778.